The zero-order valence-corrected chi connectivity index (χ0v) is 24.1. The molecule has 0 bridgehead atoms. The van der Waals surface area contributed by atoms with Gasteiger partial charge in [-0.1, -0.05) is 39.1 Å². The molecule has 1 amide bonds. The molecule has 3 aromatic carbocycles. The number of rotatable bonds is 7. The van der Waals surface area contributed by atoms with Gasteiger partial charge < -0.3 is 14.8 Å². The van der Waals surface area contributed by atoms with Crippen LogP contribution >= 0.6 is 55.1 Å². The third-order valence-corrected chi connectivity index (χ3v) is 7.32. The highest BCUT2D eigenvalue weighted by molar-refractivity contribution is 9.10. The Morgan fingerprint density at radius 3 is 2.59 bits per heavy atom. The third kappa shape index (κ3) is 6.15. The van der Waals surface area contributed by atoms with E-state index in [0.29, 0.717) is 37.5 Å². The lowest BCUT2D eigenvalue weighted by atomic mass is 10.2. The maximum atomic E-state index is 13.0. The van der Waals surface area contributed by atoms with E-state index in [2.05, 4.69) is 47.3 Å². The number of carbonyl (C=O) groups excluding carboxylic acids is 1. The second kappa shape index (κ2) is 11.6. The van der Waals surface area contributed by atoms with Crippen LogP contribution in [0.1, 0.15) is 11.4 Å². The number of hydrogen-bond acceptors (Lipinski definition) is 6. The van der Waals surface area contributed by atoms with E-state index < -0.39 is 5.91 Å². The Hall–Kier alpha value is -2.92. The zero-order valence-electron chi connectivity index (χ0n) is 19.4. The summed E-state index contributed by atoms with van der Waals surface area (Å²) < 4.78 is 13.5. The van der Waals surface area contributed by atoms with Crippen molar-refractivity contribution in [2.24, 2.45) is 5.10 Å². The lowest BCUT2D eigenvalue weighted by Gasteiger charge is -2.15. The first-order valence-electron chi connectivity index (χ1n) is 10.7. The summed E-state index contributed by atoms with van der Waals surface area (Å²) in [6, 6.07) is 13.6. The number of aryl methyl sites for hydroxylation is 1. The number of ether oxygens (including phenoxy) is 2. The van der Waals surface area contributed by atoms with E-state index in [1.807, 2.05) is 6.07 Å². The number of nitrogens with one attached hydrogen (secondary N) is 1. The molecule has 0 aliphatic carbocycles. The summed E-state index contributed by atoms with van der Waals surface area (Å²) in [5, 5.41) is 8.19. The highest BCUT2D eigenvalue weighted by atomic mass is 79.9. The number of nitrogens with zero attached hydrogens (tertiary/aromatic N) is 3. The van der Waals surface area contributed by atoms with Crippen LogP contribution in [0.5, 0.6) is 11.5 Å². The van der Waals surface area contributed by atoms with E-state index >= 15 is 0 Å². The van der Waals surface area contributed by atoms with Gasteiger partial charge in [-0.25, -0.2) is 4.98 Å². The molecule has 1 aromatic heterocycles. The number of aromatic nitrogens is 2. The molecule has 0 spiro atoms. The van der Waals surface area contributed by atoms with Crippen molar-refractivity contribution >= 4 is 83.8 Å². The van der Waals surface area contributed by atoms with Gasteiger partial charge in [-0.15, -0.1) is 0 Å². The fraction of sp³-hybridized carbons (Fsp3) is 0.120. The normalized spacial score (nSPS) is 11.2. The van der Waals surface area contributed by atoms with Crippen molar-refractivity contribution in [1.29, 1.82) is 0 Å². The van der Waals surface area contributed by atoms with Gasteiger partial charge in [0.25, 0.3) is 11.5 Å². The predicted octanol–water partition coefficient (Wildman–Crippen LogP) is 6.45. The van der Waals surface area contributed by atoms with Crippen molar-refractivity contribution in [2.75, 3.05) is 19.0 Å². The number of hydrogen-bond donors (Lipinski definition) is 1. The monoisotopic (exact) mass is 666 g/mol. The van der Waals surface area contributed by atoms with Crippen LogP contribution in [0.25, 0.3) is 10.9 Å². The van der Waals surface area contributed by atoms with Gasteiger partial charge in [-0.3, -0.25) is 9.59 Å². The van der Waals surface area contributed by atoms with Crippen molar-refractivity contribution in [2.45, 2.75) is 6.92 Å². The molecule has 0 saturated carbocycles. The smallest absolute Gasteiger partial charge is 0.282 e. The van der Waals surface area contributed by atoms with Gasteiger partial charge in [0.15, 0.2) is 18.1 Å². The van der Waals surface area contributed by atoms with Crippen molar-refractivity contribution in [3.8, 4) is 11.5 Å². The summed E-state index contributed by atoms with van der Waals surface area (Å²) >= 11 is 19.2. The van der Waals surface area contributed by atoms with Crippen molar-refractivity contribution in [3.05, 3.63) is 89.3 Å². The summed E-state index contributed by atoms with van der Waals surface area (Å²) in [5.41, 5.74) is 1.34. The summed E-state index contributed by atoms with van der Waals surface area (Å²) in [7, 11) is 1.45. The summed E-state index contributed by atoms with van der Waals surface area (Å²) in [4.78, 5) is 29.8. The Bertz CT molecular complexity index is 1590. The first-order valence-corrected chi connectivity index (χ1v) is 13.0. The fourth-order valence-electron chi connectivity index (χ4n) is 3.37. The standard InChI is InChI=1S/C25H18Br2Cl2N4O4/c1-13-31-19-8-3-15(26)10-18(19)25(35)33(13)30-11-14-9-20(36-2)24(23(29)22(14)27)37-12-21(34)32-17-6-4-16(28)5-7-17/h3-11H,12H2,1-2H3,(H,32,34). The molecule has 0 unspecified atom stereocenters. The van der Waals surface area contributed by atoms with Gasteiger partial charge in [0.05, 0.1) is 24.2 Å². The highest BCUT2D eigenvalue weighted by Crippen LogP contribution is 2.42. The van der Waals surface area contributed by atoms with Crippen LogP contribution in [0, 0.1) is 6.92 Å². The largest absolute Gasteiger partial charge is 0.493 e. The number of amides is 1. The Morgan fingerprint density at radius 2 is 1.89 bits per heavy atom. The topological polar surface area (TPSA) is 94.8 Å². The molecule has 190 valence electrons. The lowest BCUT2D eigenvalue weighted by Crippen LogP contribution is -2.21. The molecule has 0 aliphatic rings. The Labute approximate surface area is 238 Å². The molecule has 0 saturated heterocycles. The van der Waals surface area contributed by atoms with Gasteiger partial charge >= 0.3 is 0 Å². The molecule has 37 heavy (non-hydrogen) atoms. The maximum Gasteiger partial charge on any atom is 0.282 e. The number of fused-ring (bicyclic) bond motifs is 1. The second-order valence-electron chi connectivity index (χ2n) is 7.65. The molecule has 0 atom stereocenters. The van der Waals surface area contributed by atoms with Gasteiger partial charge in [0, 0.05) is 25.2 Å². The molecule has 0 aliphatic heterocycles. The number of methoxy groups -OCH3 is 1. The van der Waals surface area contributed by atoms with Crippen molar-refractivity contribution in [3.63, 3.8) is 0 Å². The van der Waals surface area contributed by atoms with Crippen LogP contribution in [0.15, 0.2) is 67.4 Å². The highest BCUT2D eigenvalue weighted by Gasteiger charge is 2.18. The van der Waals surface area contributed by atoms with Crippen LogP contribution in [-0.2, 0) is 4.79 Å². The lowest BCUT2D eigenvalue weighted by molar-refractivity contribution is -0.118. The van der Waals surface area contributed by atoms with Crippen LogP contribution in [0.3, 0.4) is 0 Å². The molecule has 0 fully saturated rings. The van der Waals surface area contributed by atoms with Crippen LogP contribution in [0.4, 0.5) is 5.69 Å². The molecule has 8 nitrogen and oxygen atoms in total. The SMILES string of the molecule is COc1cc(C=Nn2c(C)nc3ccc(Br)cc3c2=O)c(Br)c(Cl)c1OCC(=O)Nc1ccc(Cl)cc1. The number of carbonyl (C=O) groups is 1. The van der Waals surface area contributed by atoms with Gasteiger partial charge in [-0.2, -0.15) is 9.78 Å². The average molecular weight is 669 g/mol. The quantitative estimate of drug-likeness (QED) is 0.229. The van der Waals surface area contributed by atoms with Crippen molar-refractivity contribution in [1.82, 2.24) is 9.66 Å². The van der Waals surface area contributed by atoms with Crippen LogP contribution < -0.4 is 20.3 Å². The molecule has 1 heterocycles. The van der Waals surface area contributed by atoms with Crippen LogP contribution in [-0.4, -0.2) is 35.5 Å². The van der Waals surface area contributed by atoms with E-state index in [1.54, 1.807) is 49.4 Å². The first kappa shape index (κ1) is 27.1. The molecule has 0 radical (unpaired) electrons. The Morgan fingerprint density at radius 1 is 1.16 bits per heavy atom. The minimum absolute atomic E-state index is 0.171. The van der Waals surface area contributed by atoms with Crippen LogP contribution in [0.2, 0.25) is 10.0 Å². The molecule has 1 N–H and O–H groups in total. The van der Waals surface area contributed by atoms with E-state index in [4.69, 9.17) is 32.7 Å². The molecule has 4 aromatic rings. The molecule has 12 heteroatoms. The maximum absolute atomic E-state index is 13.0. The van der Waals surface area contributed by atoms with E-state index in [1.165, 1.54) is 18.0 Å². The molecular formula is C25H18Br2Cl2N4O4. The third-order valence-electron chi connectivity index (χ3n) is 5.13. The number of anilines is 1. The minimum atomic E-state index is -0.396. The van der Waals surface area contributed by atoms with Gasteiger partial charge in [-0.05, 0) is 71.4 Å². The zero-order chi connectivity index (χ0) is 26.7. The molecular weight excluding hydrogens is 651 g/mol. The fourth-order valence-corrected chi connectivity index (χ4v) is 4.51. The Kier molecular flexibility index (Phi) is 8.53. The molecule has 4 rings (SSSR count). The Balaban J connectivity index is 1.59. The number of benzene rings is 3. The van der Waals surface area contributed by atoms with E-state index in [0.717, 1.165) is 4.47 Å². The summed E-state index contributed by atoms with van der Waals surface area (Å²) in [6.07, 6.45) is 1.45. The van der Waals surface area contributed by atoms with E-state index in [-0.39, 0.29) is 28.7 Å². The second-order valence-corrected chi connectivity index (χ2v) is 10.2. The summed E-state index contributed by atoms with van der Waals surface area (Å²) in [5.74, 6) is 0.466. The van der Waals surface area contributed by atoms with Gasteiger partial charge in [0.1, 0.15) is 10.8 Å². The predicted molar refractivity (Wildman–Crippen MR) is 153 cm³/mol. The average Bonchev–Trinajstić information content (AvgIpc) is 2.87. The van der Waals surface area contributed by atoms with E-state index in [9.17, 15) is 9.59 Å². The number of halogens is 4. The van der Waals surface area contributed by atoms with Crippen molar-refractivity contribution < 1.29 is 14.3 Å². The van der Waals surface area contributed by atoms with Gasteiger partial charge in [0.2, 0.25) is 0 Å². The first-order chi connectivity index (χ1) is 17.7. The summed E-state index contributed by atoms with van der Waals surface area (Å²) in [6.45, 7) is 1.38. The minimum Gasteiger partial charge on any atom is -0.493 e.